The van der Waals surface area contributed by atoms with Gasteiger partial charge in [0, 0.05) is 17.1 Å². The van der Waals surface area contributed by atoms with Crippen LogP contribution >= 0.6 is 31.9 Å². The third kappa shape index (κ3) is 4.60. The van der Waals surface area contributed by atoms with E-state index < -0.39 is 6.36 Å². The second-order valence-corrected chi connectivity index (χ2v) is 5.26. The fourth-order valence-corrected chi connectivity index (χ4v) is 2.35. The minimum atomic E-state index is -4.74. The van der Waals surface area contributed by atoms with Crippen LogP contribution in [0.2, 0.25) is 0 Å². The molecule has 0 N–H and O–H groups in total. The van der Waals surface area contributed by atoms with Crippen LogP contribution in [0.25, 0.3) is 0 Å². The minimum Gasteiger partial charge on any atom is -0.439 e. The monoisotopic (exact) mass is 425 g/mol. The highest BCUT2D eigenvalue weighted by Gasteiger charge is 2.32. The quantitative estimate of drug-likeness (QED) is 0.611. The van der Waals surface area contributed by atoms with Crippen molar-refractivity contribution in [2.45, 2.75) is 11.7 Å². The van der Waals surface area contributed by atoms with E-state index in [1.807, 2.05) is 6.07 Å². The molecule has 112 valence electrons. The van der Waals surface area contributed by atoms with Crippen molar-refractivity contribution >= 4 is 31.9 Å². The van der Waals surface area contributed by atoms with Gasteiger partial charge in [-0.05, 0) is 40.2 Å². The molecule has 0 radical (unpaired) electrons. The first-order chi connectivity index (χ1) is 9.89. The first-order valence-corrected chi connectivity index (χ1v) is 7.53. The van der Waals surface area contributed by atoms with Gasteiger partial charge in [0.05, 0.1) is 4.47 Å². The number of hydrogen-bond acceptors (Lipinski definition) is 3. The van der Waals surface area contributed by atoms with E-state index in [1.165, 1.54) is 18.2 Å². The van der Waals surface area contributed by atoms with Crippen molar-refractivity contribution in [3.8, 4) is 17.4 Å². The van der Waals surface area contributed by atoms with E-state index in [-0.39, 0.29) is 10.2 Å². The summed E-state index contributed by atoms with van der Waals surface area (Å²) in [5.41, 5.74) is 0.823. The molecule has 0 atom stereocenters. The van der Waals surface area contributed by atoms with Crippen LogP contribution in [0.3, 0.4) is 0 Å². The standard InChI is InChI=1S/C13H8Br2F3NO2/c14-7-8-2-1-5-19-12(8)20-9-3-4-11(10(15)6-9)21-13(16,17)18/h1-6H,7H2. The second-order valence-electron chi connectivity index (χ2n) is 3.84. The van der Waals surface area contributed by atoms with E-state index in [0.717, 1.165) is 5.56 Å². The maximum Gasteiger partial charge on any atom is 0.573 e. The van der Waals surface area contributed by atoms with Gasteiger partial charge in [0.2, 0.25) is 5.88 Å². The lowest BCUT2D eigenvalue weighted by molar-refractivity contribution is -0.274. The van der Waals surface area contributed by atoms with Crippen LogP contribution in [-0.2, 0) is 5.33 Å². The van der Waals surface area contributed by atoms with E-state index in [1.54, 1.807) is 12.3 Å². The molecule has 0 saturated carbocycles. The molecule has 0 spiro atoms. The summed E-state index contributed by atoms with van der Waals surface area (Å²) in [6, 6.07) is 7.52. The van der Waals surface area contributed by atoms with Gasteiger partial charge in [0.1, 0.15) is 11.5 Å². The third-order valence-electron chi connectivity index (χ3n) is 2.34. The third-order valence-corrected chi connectivity index (χ3v) is 3.56. The van der Waals surface area contributed by atoms with Crippen molar-refractivity contribution in [1.82, 2.24) is 4.98 Å². The predicted molar refractivity (Wildman–Crippen MR) is 77.8 cm³/mol. The van der Waals surface area contributed by atoms with Crippen LogP contribution in [0.5, 0.6) is 17.4 Å². The highest BCUT2D eigenvalue weighted by molar-refractivity contribution is 9.10. The number of alkyl halides is 4. The van der Waals surface area contributed by atoms with E-state index in [2.05, 4.69) is 41.6 Å². The molecule has 3 nitrogen and oxygen atoms in total. The molecule has 0 amide bonds. The molecule has 0 saturated heterocycles. The predicted octanol–water partition coefficient (Wildman–Crippen LogP) is 5.43. The summed E-state index contributed by atoms with van der Waals surface area (Å²) in [7, 11) is 0. The molecule has 21 heavy (non-hydrogen) atoms. The molecule has 2 aromatic rings. The van der Waals surface area contributed by atoms with Gasteiger partial charge < -0.3 is 9.47 Å². The van der Waals surface area contributed by atoms with Gasteiger partial charge in [-0.3, -0.25) is 0 Å². The molecule has 1 aromatic heterocycles. The lowest BCUT2D eigenvalue weighted by atomic mass is 10.3. The number of pyridine rings is 1. The molecule has 0 fully saturated rings. The number of hydrogen-bond donors (Lipinski definition) is 0. The zero-order chi connectivity index (χ0) is 15.5. The zero-order valence-electron chi connectivity index (χ0n) is 10.3. The maximum absolute atomic E-state index is 12.2. The Labute approximate surface area is 135 Å². The highest BCUT2D eigenvalue weighted by Crippen LogP contribution is 2.35. The normalized spacial score (nSPS) is 11.3. The van der Waals surface area contributed by atoms with Crippen LogP contribution in [0.1, 0.15) is 5.56 Å². The molecule has 2 rings (SSSR count). The van der Waals surface area contributed by atoms with Crippen LogP contribution < -0.4 is 9.47 Å². The first-order valence-electron chi connectivity index (χ1n) is 5.62. The Kier molecular flexibility index (Phi) is 5.10. The summed E-state index contributed by atoms with van der Waals surface area (Å²) in [5, 5.41) is 0.548. The SMILES string of the molecule is FC(F)(F)Oc1ccc(Oc2ncccc2CBr)cc1Br. The summed E-state index contributed by atoms with van der Waals surface area (Å²) in [6.07, 6.45) is -3.17. The van der Waals surface area contributed by atoms with E-state index in [4.69, 9.17) is 4.74 Å². The van der Waals surface area contributed by atoms with Crippen LogP contribution in [0.15, 0.2) is 41.0 Å². The summed E-state index contributed by atoms with van der Waals surface area (Å²) < 4.78 is 46.1. The van der Waals surface area contributed by atoms with Gasteiger partial charge in [-0.15, -0.1) is 13.2 Å². The van der Waals surface area contributed by atoms with Gasteiger partial charge in [0.25, 0.3) is 0 Å². The Morgan fingerprint density at radius 1 is 1.19 bits per heavy atom. The van der Waals surface area contributed by atoms with Crippen LogP contribution in [0, 0.1) is 0 Å². The molecule has 1 aromatic carbocycles. The molecule has 0 aliphatic carbocycles. The van der Waals surface area contributed by atoms with E-state index in [9.17, 15) is 13.2 Å². The topological polar surface area (TPSA) is 31.4 Å². The van der Waals surface area contributed by atoms with Gasteiger partial charge >= 0.3 is 6.36 Å². The second kappa shape index (κ2) is 6.65. The van der Waals surface area contributed by atoms with E-state index in [0.29, 0.717) is 17.0 Å². The van der Waals surface area contributed by atoms with Gasteiger partial charge in [0.15, 0.2) is 0 Å². The molecular formula is C13H8Br2F3NO2. The minimum absolute atomic E-state index is 0.133. The van der Waals surface area contributed by atoms with Gasteiger partial charge in [-0.1, -0.05) is 22.0 Å². The number of benzene rings is 1. The first kappa shape index (κ1) is 16.1. The zero-order valence-corrected chi connectivity index (χ0v) is 13.5. The molecule has 0 bridgehead atoms. The Balaban J connectivity index is 2.21. The summed E-state index contributed by atoms with van der Waals surface area (Å²) in [6.45, 7) is 0. The average Bonchev–Trinajstić information content (AvgIpc) is 2.41. The lowest BCUT2D eigenvalue weighted by Crippen LogP contribution is -2.17. The molecular weight excluding hydrogens is 419 g/mol. The number of halogens is 5. The summed E-state index contributed by atoms with van der Waals surface area (Å²) in [5.74, 6) is 0.389. The lowest BCUT2D eigenvalue weighted by Gasteiger charge is -2.12. The Morgan fingerprint density at radius 3 is 2.57 bits per heavy atom. The average molecular weight is 427 g/mol. The van der Waals surface area contributed by atoms with Gasteiger partial charge in [-0.25, -0.2) is 4.98 Å². The molecule has 0 unspecified atom stereocenters. The summed E-state index contributed by atoms with van der Waals surface area (Å²) >= 11 is 6.32. The Hall–Kier alpha value is -1.28. The molecule has 0 aliphatic heterocycles. The number of ether oxygens (including phenoxy) is 2. The van der Waals surface area contributed by atoms with Crippen molar-refractivity contribution in [3.63, 3.8) is 0 Å². The number of rotatable bonds is 4. The maximum atomic E-state index is 12.2. The highest BCUT2D eigenvalue weighted by atomic mass is 79.9. The Morgan fingerprint density at radius 2 is 1.95 bits per heavy atom. The fourth-order valence-electron chi connectivity index (χ4n) is 1.48. The van der Waals surface area contributed by atoms with E-state index >= 15 is 0 Å². The fraction of sp³-hybridized carbons (Fsp3) is 0.154. The van der Waals surface area contributed by atoms with Gasteiger partial charge in [-0.2, -0.15) is 0 Å². The molecule has 0 aliphatic rings. The van der Waals surface area contributed by atoms with Crippen molar-refractivity contribution in [2.75, 3.05) is 0 Å². The van der Waals surface area contributed by atoms with Crippen LogP contribution in [-0.4, -0.2) is 11.3 Å². The number of nitrogens with zero attached hydrogens (tertiary/aromatic N) is 1. The summed E-state index contributed by atoms with van der Waals surface area (Å²) in [4.78, 5) is 4.08. The largest absolute Gasteiger partial charge is 0.573 e. The van der Waals surface area contributed by atoms with Crippen molar-refractivity contribution in [2.24, 2.45) is 0 Å². The molecule has 8 heteroatoms. The smallest absolute Gasteiger partial charge is 0.439 e. The van der Waals surface area contributed by atoms with Crippen LogP contribution in [0.4, 0.5) is 13.2 Å². The van der Waals surface area contributed by atoms with Crippen molar-refractivity contribution in [3.05, 3.63) is 46.6 Å². The van der Waals surface area contributed by atoms with Crippen molar-refractivity contribution in [1.29, 1.82) is 0 Å². The Bertz CT molecular complexity index is 635. The van der Waals surface area contributed by atoms with Crippen molar-refractivity contribution < 1.29 is 22.6 Å². The number of aromatic nitrogens is 1. The molecule has 1 heterocycles.